The molecular weight excluding hydrogens is 641 g/mol. The highest BCUT2D eigenvalue weighted by molar-refractivity contribution is 5.49. The van der Waals surface area contributed by atoms with Gasteiger partial charge in [-0.15, -0.1) is 0 Å². The Balaban J connectivity index is 0.905. The maximum atomic E-state index is 7.59. The van der Waals surface area contributed by atoms with Crippen LogP contribution in [0.25, 0.3) is 0 Å². The largest absolute Gasteiger partial charge is 0.457 e. The fraction of sp³-hybridized carbons (Fsp3) is 0.769. The van der Waals surface area contributed by atoms with Crippen molar-refractivity contribution in [2.24, 2.45) is 71.0 Å². The molecular formula is C52H66O. The first-order valence-electron chi connectivity index (χ1n) is 23.8. The van der Waals surface area contributed by atoms with E-state index in [0.29, 0.717) is 21.7 Å². The Morgan fingerprint density at radius 3 is 0.604 bits per heavy atom. The molecule has 280 valence electrons. The summed E-state index contributed by atoms with van der Waals surface area (Å²) in [7, 11) is 0. The molecule has 16 aliphatic rings. The van der Waals surface area contributed by atoms with Gasteiger partial charge in [-0.3, -0.25) is 0 Å². The average molecular weight is 707 g/mol. The molecule has 0 spiro atoms. The molecule has 0 radical (unpaired) electrons. The van der Waals surface area contributed by atoms with Crippen molar-refractivity contribution in [1.29, 1.82) is 0 Å². The van der Waals surface area contributed by atoms with Gasteiger partial charge < -0.3 is 4.74 Å². The van der Waals surface area contributed by atoms with Crippen LogP contribution >= 0.6 is 0 Å². The molecule has 0 heterocycles. The number of rotatable bonds is 6. The van der Waals surface area contributed by atoms with Gasteiger partial charge in [0.25, 0.3) is 0 Å². The maximum Gasteiger partial charge on any atom is 0.128 e. The summed E-state index contributed by atoms with van der Waals surface area (Å²) in [6.07, 6.45) is 35.9. The van der Waals surface area contributed by atoms with Crippen molar-refractivity contribution in [2.45, 2.75) is 176 Å². The molecule has 18 rings (SSSR count). The molecule has 2 aromatic carbocycles. The molecule has 0 aromatic heterocycles. The van der Waals surface area contributed by atoms with E-state index in [2.05, 4.69) is 36.4 Å². The summed E-state index contributed by atoms with van der Waals surface area (Å²) in [5.41, 5.74) is 8.54. The van der Waals surface area contributed by atoms with Crippen molar-refractivity contribution in [3.63, 3.8) is 0 Å². The molecule has 53 heavy (non-hydrogen) atoms. The van der Waals surface area contributed by atoms with Crippen molar-refractivity contribution >= 4 is 0 Å². The minimum atomic E-state index is 0.413. The van der Waals surface area contributed by atoms with E-state index in [1.165, 1.54) is 166 Å². The molecule has 0 aliphatic heterocycles. The summed E-state index contributed by atoms with van der Waals surface area (Å²) in [5.74, 6) is 14.2. The third-order valence-corrected chi connectivity index (χ3v) is 20.7. The first kappa shape index (κ1) is 31.3. The fourth-order valence-electron chi connectivity index (χ4n) is 20.5. The van der Waals surface area contributed by atoms with Gasteiger partial charge in [-0.2, -0.15) is 0 Å². The van der Waals surface area contributed by atoms with Crippen molar-refractivity contribution in [3.8, 4) is 11.5 Å². The topological polar surface area (TPSA) is 9.23 Å². The third kappa shape index (κ3) is 4.67. The lowest BCUT2D eigenvalue weighted by molar-refractivity contribution is -0.00853. The van der Waals surface area contributed by atoms with E-state index in [9.17, 15) is 0 Å². The lowest BCUT2D eigenvalue weighted by Crippen LogP contribution is -2.50. The quantitative estimate of drug-likeness (QED) is 0.291. The predicted octanol–water partition coefficient (Wildman–Crippen LogP) is 13.4. The number of benzene rings is 2. The molecule has 0 atom stereocenters. The minimum absolute atomic E-state index is 0.413. The lowest BCUT2D eigenvalue weighted by Gasteiger charge is -2.58. The van der Waals surface area contributed by atoms with Crippen molar-refractivity contribution in [1.82, 2.24) is 0 Å². The molecule has 0 N–H and O–H groups in total. The van der Waals surface area contributed by atoms with Crippen LogP contribution in [0.15, 0.2) is 36.4 Å². The summed E-state index contributed by atoms with van der Waals surface area (Å²) < 4.78 is 7.59. The van der Waals surface area contributed by atoms with Crippen LogP contribution in [0, 0.1) is 71.0 Å². The lowest BCUT2D eigenvalue weighted by atomic mass is 9.46. The zero-order valence-corrected chi connectivity index (χ0v) is 32.8. The molecule has 2 aromatic rings. The Hall–Kier alpha value is -1.76. The van der Waals surface area contributed by atoms with Gasteiger partial charge in [0.2, 0.25) is 0 Å². The van der Waals surface area contributed by atoms with Crippen molar-refractivity contribution < 1.29 is 4.74 Å². The fourth-order valence-corrected chi connectivity index (χ4v) is 20.5. The predicted molar refractivity (Wildman–Crippen MR) is 212 cm³/mol. The van der Waals surface area contributed by atoms with Crippen LogP contribution in [0.5, 0.6) is 11.5 Å². The average Bonchev–Trinajstić information content (AvgIpc) is 3.09. The Labute approximate surface area is 320 Å². The molecule has 16 saturated carbocycles. The van der Waals surface area contributed by atoms with E-state index in [-0.39, 0.29) is 0 Å². The summed E-state index contributed by atoms with van der Waals surface area (Å²) in [6, 6.07) is 16.3. The molecule has 0 amide bonds. The van der Waals surface area contributed by atoms with E-state index < -0.39 is 0 Å². The molecule has 16 bridgehead atoms. The van der Waals surface area contributed by atoms with Gasteiger partial charge in [-0.25, -0.2) is 0 Å². The number of ether oxygens (including phenoxy) is 1. The van der Waals surface area contributed by atoms with E-state index in [1.807, 2.05) is 0 Å². The minimum Gasteiger partial charge on any atom is -0.457 e. The SMILES string of the molecule is c1c(Oc2cc(C34CC5CC(CC(C5)C3)C4)cc(C34CC5CC(CC(C5)C3)C4)c2)cc(C23CC4CC(CC(C4)C2)C3)cc1C12CC3CC(CC(C3)C1)C2. The second-order valence-electron chi connectivity index (χ2n) is 24.4. The zero-order chi connectivity index (χ0) is 34.3. The van der Waals surface area contributed by atoms with Gasteiger partial charge >= 0.3 is 0 Å². The van der Waals surface area contributed by atoms with Gasteiger partial charge in [-0.05, 0) is 293 Å². The van der Waals surface area contributed by atoms with Crippen LogP contribution in [-0.2, 0) is 21.7 Å². The van der Waals surface area contributed by atoms with Gasteiger partial charge in [0.1, 0.15) is 11.5 Å². The first-order valence-corrected chi connectivity index (χ1v) is 23.8. The summed E-state index contributed by atoms with van der Waals surface area (Å²) in [5, 5.41) is 0. The van der Waals surface area contributed by atoms with E-state index in [1.54, 1.807) is 22.3 Å². The van der Waals surface area contributed by atoms with E-state index in [0.717, 1.165) is 71.0 Å². The zero-order valence-electron chi connectivity index (χ0n) is 32.8. The van der Waals surface area contributed by atoms with Crippen LogP contribution in [0.2, 0.25) is 0 Å². The van der Waals surface area contributed by atoms with Crippen molar-refractivity contribution in [3.05, 3.63) is 58.7 Å². The van der Waals surface area contributed by atoms with Crippen LogP contribution in [0.3, 0.4) is 0 Å². The standard InChI is InChI=1S/C52H66O/c1-31-2-33-3-32(1)20-49(19-31,21-33)43-13-44(50-22-34-4-35(23-50)6-36(5-34)24-50)16-47(15-43)53-48-17-45(51-25-37-7-38(26-51)9-39(8-37)27-51)14-46(18-48)52-28-40-10-41(29-52)12-42(11-40)30-52/h13-18,31-42H,1-12,19-30H2. The monoisotopic (exact) mass is 707 g/mol. The first-order chi connectivity index (χ1) is 25.8. The Bertz CT molecular complexity index is 1460. The third-order valence-electron chi connectivity index (χ3n) is 20.7. The van der Waals surface area contributed by atoms with Gasteiger partial charge in [-0.1, -0.05) is 12.1 Å². The molecule has 1 heteroatoms. The number of hydrogen-bond acceptors (Lipinski definition) is 1. The normalized spacial score (nSPS) is 52.9. The van der Waals surface area contributed by atoms with Gasteiger partial charge in [0, 0.05) is 0 Å². The highest BCUT2D eigenvalue weighted by Gasteiger charge is 2.56. The maximum absolute atomic E-state index is 7.59. The Morgan fingerprint density at radius 1 is 0.264 bits per heavy atom. The highest BCUT2D eigenvalue weighted by atomic mass is 16.5. The smallest absolute Gasteiger partial charge is 0.128 e. The van der Waals surface area contributed by atoms with E-state index in [4.69, 9.17) is 4.74 Å². The highest BCUT2D eigenvalue weighted by Crippen LogP contribution is 2.66. The van der Waals surface area contributed by atoms with Crippen LogP contribution in [-0.4, -0.2) is 0 Å². The molecule has 1 nitrogen and oxygen atoms in total. The summed E-state index contributed by atoms with van der Waals surface area (Å²) in [6.45, 7) is 0. The van der Waals surface area contributed by atoms with E-state index >= 15 is 0 Å². The van der Waals surface area contributed by atoms with Gasteiger partial charge in [0.05, 0.1) is 0 Å². The molecule has 16 aliphatic carbocycles. The number of hydrogen-bond donors (Lipinski definition) is 0. The summed E-state index contributed by atoms with van der Waals surface area (Å²) >= 11 is 0. The Kier molecular flexibility index (Phi) is 6.26. The second kappa shape index (κ2) is 10.6. The molecule has 0 saturated heterocycles. The van der Waals surface area contributed by atoms with Crippen LogP contribution < -0.4 is 4.74 Å². The second-order valence-corrected chi connectivity index (χ2v) is 24.4. The van der Waals surface area contributed by atoms with Crippen molar-refractivity contribution in [2.75, 3.05) is 0 Å². The van der Waals surface area contributed by atoms with Gasteiger partial charge in [0.15, 0.2) is 0 Å². The van der Waals surface area contributed by atoms with Crippen LogP contribution in [0.1, 0.15) is 176 Å². The molecule has 0 unspecified atom stereocenters. The Morgan fingerprint density at radius 2 is 0.434 bits per heavy atom. The summed E-state index contributed by atoms with van der Waals surface area (Å²) in [4.78, 5) is 0. The van der Waals surface area contributed by atoms with Crippen LogP contribution in [0.4, 0.5) is 0 Å². The molecule has 16 fully saturated rings.